The molecule has 1 aliphatic heterocycles. The maximum atomic E-state index is 12.4. The normalized spacial score (nSPS) is 15.8. The quantitative estimate of drug-likeness (QED) is 0.848. The second-order valence-electron chi connectivity index (χ2n) is 4.43. The molecule has 0 aliphatic carbocycles. The van der Waals surface area contributed by atoms with Gasteiger partial charge in [0, 0.05) is 13.1 Å². The number of hydrogen-bond donors (Lipinski definition) is 0. The van der Waals surface area contributed by atoms with Crippen molar-refractivity contribution in [2.45, 2.75) is 18.0 Å². The summed E-state index contributed by atoms with van der Waals surface area (Å²) in [6, 6.07) is 9.96. The fourth-order valence-corrected chi connectivity index (χ4v) is 4.45. The minimum absolute atomic E-state index is 0.0673. The van der Waals surface area contributed by atoms with Crippen LogP contribution in [0.3, 0.4) is 0 Å². The average molecular weight is 293 g/mol. The fourth-order valence-electron chi connectivity index (χ4n) is 2.19. The molecule has 2 aromatic rings. The van der Waals surface area contributed by atoms with E-state index in [4.69, 9.17) is 0 Å². The number of benzene rings is 1. The standard InChI is InChI=1S/C13H12NO3PS/c15-13-6-10-7-14(8-11(10)9-18-13)19(16,17)12-4-2-1-3-5-12/h1-6,9,18H,7-8H2. The first-order valence-electron chi connectivity index (χ1n) is 5.83. The highest BCUT2D eigenvalue weighted by atomic mass is 32.2. The van der Waals surface area contributed by atoms with Crippen LogP contribution in [0.4, 0.5) is 0 Å². The highest BCUT2D eigenvalue weighted by Gasteiger charge is 2.30. The molecule has 2 heterocycles. The van der Waals surface area contributed by atoms with Crippen LogP contribution in [0.1, 0.15) is 11.1 Å². The molecular formula is C13H12NO3PS. The zero-order chi connectivity index (χ0) is 13.5. The number of fused-ring (bicyclic) bond motifs is 1. The van der Waals surface area contributed by atoms with Gasteiger partial charge < -0.3 is 0 Å². The lowest BCUT2D eigenvalue weighted by atomic mass is 10.2. The molecule has 1 aliphatic rings. The summed E-state index contributed by atoms with van der Waals surface area (Å²) in [5.41, 5.74) is 1.81. The van der Waals surface area contributed by atoms with Crippen molar-refractivity contribution in [1.82, 2.24) is 4.31 Å². The van der Waals surface area contributed by atoms with Crippen LogP contribution < -0.4 is 5.16 Å². The average Bonchev–Trinajstić information content (AvgIpc) is 2.83. The third kappa shape index (κ3) is 2.25. The number of nitrogens with zero attached hydrogens (tertiary/aromatic N) is 1. The second-order valence-corrected chi connectivity index (χ2v) is 7.44. The maximum absolute atomic E-state index is 12.4. The van der Waals surface area contributed by atoms with E-state index < -0.39 is 10.0 Å². The SMILES string of the molecule is O=c1cc2c(c[pH]1)CN(S(=O)(=O)c1ccccc1)C2. The molecule has 0 saturated heterocycles. The predicted molar refractivity (Wildman–Crippen MR) is 75.1 cm³/mol. The molecule has 4 nitrogen and oxygen atoms in total. The Morgan fingerprint density at radius 3 is 2.47 bits per heavy atom. The van der Waals surface area contributed by atoms with Crippen molar-refractivity contribution in [3.05, 3.63) is 63.3 Å². The van der Waals surface area contributed by atoms with Crippen LogP contribution in [0, 0.1) is 0 Å². The highest BCUT2D eigenvalue weighted by Crippen LogP contribution is 2.28. The summed E-state index contributed by atoms with van der Waals surface area (Å²) >= 11 is 0. The van der Waals surface area contributed by atoms with E-state index in [0.29, 0.717) is 18.0 Å². The van der Waals surface area contributed by atoms with Crippen molar-refractivity contribution in [3.8, 4) is 0 Å². The Kier molecular flexibility index (Phi) is 3.05. The summed E-state index contributed by atoms with van der Waals surface area (Å²) < 4.78 is 26.3. The molecule has 19 heavy (non-hydrogen) atoms. The maximum Gasteiger partial charge on any atom is 0.243 e. The van der Waals surface area contributed by atoms with E-state index in [1.165, 1.54) is 4.31 Å². The van der Waals surface area contributed by atoms with E-state index in [1.54, 1.807) is 36.4 Å². The Morgan fingerprint density at radius 1 is 1.05 bits per heavy atom. The molecular weight excluding hydrogens is 281 g/mol. The van der Waals surface area contributed by atoms with Gasteiger partial charge in [0.1, 0.15) is 0 Å². The van der Waals surface area contributed by atoms with Gasteiger partial charge in [-0.3, -0.25) is 4.79 Å². The van der Waals surface area contributed by atoms with Crippen molar-refractivity contribution in [1.29, 1.82) is 0 Å². The Bertz CT molecular complexity index is 768. The fraction of sp³-hybridized carbons (Fsp3) is 0.154. The molecule has 0 spiro atoms. The summed E-state index contributed by atoms with van der Waals surface area (Å²) in [4.78, 5) is 11.7. The van der Waals surface area contributed by atoms with Crippen molar-refractivity contribution in [2.24, 2.45) is 0 Å². The molecule has 0 bridgehead atoms. The van der Waals surface area contributed by atoms with Crippen molar-refractivity contribution in [3.63, 3.8) is 0 Å². The smallest absolute Gasteiger partial charge is 0.243 e. The highest BCUT2D eigenvalue weighted by molar-refractivity contribution is 7.89. The van der Waals surface area contributed by atoms with Gasteiger partial charge in [0.2, 0.25) is 10.0 Å². The van der Waals surface area contributed by atoms with E-state index in [1.807, 2.05) is 5.80 Å². The molecule has 98 valence electrons. The monoisotopic (exact) mass is 293 g/mol. The number of sulfonamides is 1. The Balaban J connectivity index is 1.97. The zero-order valence-corrected chi connectivity index (χ0v) is 11.9. The first-order chi connectivity index (χ1) is 9.07. The van der Waals surface area contributed by atoms with Gasteiger partial charge in [-0.25, -0.2) is 8.42 Å². The summed E-state index contributed by atoms with van der Waals surface area (Å²) in [6.07, 6.45) is 0. The molecule has 3 rings (SSSR count). The molecule has 6 heteroatoms. The van der Waals surface area contributed by atoms with E-state index in [2.05, 4.69) is 0 Å². The molecule has 0 amide bonds. The Morgan fingerprint density at radius 2 is 1.74 bits per heavy atom. The van der Waals surface area contributed by atoms with Gasteiger partial charge in [0.05, 0.1) is 4.90 Å². The van der Waals surface area contributed by atoms with Crippen molar-refractivity contribution >= 4 is 18.2 Å². The van der Waals surface area contributed by atoms with E-state index in [-0.39, 0.29) is 13.4 Å². The molecule has 1 aromatic heterocycles. The topological polar surface area (TPSA) is 54.5 Å². The van der Waals surface area contributed by atoms with Gasteiger partial charge in [0.15, 0.2) is 5.16 Å². The van der Waals surface area contributed by atoms with Crippen LogP contribution in [0.15, 0.2) is 51.9 Å². The van der Waals surface area contributed by atoms with E-state index in [0.717, 1.165) is 11.1 Å². The Labute approximate surface area is 112 Å². The molecule has 1 atom stereocenters. The summed E-state index contributed by atoms with van der Waals surface area (Å²) in [5, 5.41) is 0.0673. The molecule has 0 fully saturated rings. The van der Waals surface area contributed by atoms with Crippen LogP contribution >= 0.6 is 8.19 Å². The summed E-state index contributed by atoms with van der Waals surface area (Å²) in [6.45, 7) is 0.655. The van der Waals surface area contributed by atoms with Gasteiger partial charge in [-0.2, -0.15) is 4.31 Å². The van der Waals surface area contributed by atoms with Gasteiger partial charge in [-0.05, 0) is 35.1 Å². The lowest BCUT2D eigenvalue weighted by molar-refractivity contribution is 0.431. The summed E-state index contributed by atoms with van der Waals surface area (Å²) in [7, 11) is -3.34. The van der Waals surface area contributed by atoms with Crippen molar-refractivity contribution < 1.29 is 8.42 Å². The first-order valence-corrected chi connectivity index (χ1v) is 8.35. The lowest BCUT2D eigenvalue weighted by Crippen LogP contribution is -2.25. The molecule has 1 unspecified atom stereocenters. The van der Waals surface area contributed by atoms with Crippen LogP contribution in [0.5, 0.6) is 0 Å². The minimum Gasteiger partial charge on any atom is -0.286 e. The third-order valence-electron chi connectivity index (χ3n) is 3.18. The van der Waals surface area contributed by atoms with Gasteiger partial charge in [-0.1, -0.05) is 26.4 Å². The third-order valence-corrected chi connectivity index (χ3v) is 5.91. The van der Waals surface area contributed by atoms with Crippen LogP contribution in [0.2, 0.25) is 0 Å². The molecule has 0 N–H and O–H groups in total. The van der Waals surface area contributed by atoms with Crippen LogP contribution in [-0.2, 0) is 23.1 Å². The first kappa shape index (κ1) is 12.6. The molecule has 1 aromatic carbocycles. The molecule has 0 radical (unpaired) electrons. The van der Waals surface area contributed by atoms with E-state index >= 15 is 0 Å². The predicted octanol–water partition coefficient (Wildman–Crippen LogP) is 1.78. The lowest BCUT2D eigenvalue weighted by Gasteiger charge is -2.15. The number of rotatable bonds is 2. The van der Waals surface area contributed by atoms with Crippen LogP contribution in [0.25, 0.3) is 0 Å². The van der Waals surface area contributed by atoms with Gasteiger partial charge in [-0.15, -0.1) is 0 Å². The number of hydrogen-bond acceptors (Lipinski definition) is 3. The minimum atomic E-state index is -3.47. The van der Waals surface area contributed by atoms with Gasteiger partial charge >= 0.3 is 0 Å². The second kappa shape index (κ2) is 4.60. The Hall–Kier alpha value is -1.42. The van der Waals surface area contributed by atoms with Gasteiger partial charge in [0.25, 0.3) is 0 Å². The largest absolute Gasteiger partial charge is 0.286 e. The van der Waals surface area contributed by atoms with Crippen molar-refractivity contribution in [2.75, 3.05) is 0 Å². The van der Waals surface area contributed by atoms with E-state index in [9.17, 15) is 13.2 Å². The molecule has 0 saturated carbocycles. The zero-order valence-electron chi connectivity index (χ0n) is 10.0. The summed E-state index contributed by atoms with van der Waals surface area (Å²) in [5.74, 6) is 1.86. The van der Waals surface area contributed by atoms with Crippen LogP contribution in [-0.4, -0.2) is 12.7 Å².